The highest BCUT2D eigenvalue weighted by atomic mass is 16.7. The first-order valence-corrected chi connectivity index (χ1v) is 8.79. The number of amides is 1. The van der Waals surface area contributed by atoms with Gasteiger partial charge in [-0.15, -0.1) is 0 Å². The van der Waals surface area contributed by atoms with E-state index >= 15 is 0 Å². The zero-order chi connectivity index (χ0) is 18.9. The summed E-state index contributed by atoms with van der Waals surface area (Å²) in [5.41, 5.74) is 1.21. The molecule has 0 aliphatic carbocycles. The van der Waals surface area contributed by atoms with Gasteiger partial charge in [0.25, 0.3) is 0 Å². The Morgan fingerprint density at radius 3 is 2.73 bits per heavy atom. The minimum atomic E-state index is -0.475. The highest BCUT2D eigenvalue weighted by Crippen LogP contribution is 2.33. The topological polar surface area (TPSA) is 74.3 Å². The second-order valence-corrected chi connectivity index (χ2v) is 6.34. The zero-order valence-corrected chi connectivity index (χ0v) is 15.6. The molecule has 1 aromatic rings. The van der Waals surface area contributed by atoms with Gasteiger partial charge in [-0.3, -0.25) is 4.79 Å². The standard InChI is InChI=1S/C19H27NO6/c1-14-11-17(7-8-20(14)19(22)26-13-25-15(2)21)16-5-4-6-18(12-16)24-10-9-23-3/h4-6,12,14,17H,7-11,13H2,1-3H3. The highest BCUT2D eigenvalue weighted by molar-refractivity contribution is 5.69. The van der Waals surface area contributed by atoms with Gasteiger partial charge in [0.1, 0.15) is 12.4 Å². The molecule has 26 heavy (non-hydrogen) atoms. The van der Waals surface area contributed by atoms with E-state index in [-0.39, 0.29) is 12.8 Å². The van der Waals surface area contributed by atoms with Crippen molar-refractivity contribution < 1.29 is 28.5 Å². The lowest BCUT2D eigenvalue weighted by molar-refractivity contribution is -0.149. The van der Waals surface area contributed by atoms with Crippen molar-refractivity contribution in [2.75, 3.05) is 33.7 Å². The van der Waals surface area contributed by atoms with Crippen LogP contribution in [0.2, 0.25) is 0 Å². The summed E-state index contributed by atoms with van der Waals surface area (Å²) in [6.07, 6.45) is 1.23. The SMILES string of the molecule is COCCOc1cccc(C2CCN(C(=O)OCOC(C)=O)C(C)C2)c1. The maximum Gasteiger partial charge on any atom is 0.412 e. The summed E-state index contributed by atoms with van der Waals surface area (Å²) >= 11 is 0. The van der Waals surface area contributed by atoms with Gasteiger partial charge in [-0.1, -0.05) is 12.1 Å². The fourth-order valence-corrected chi connectivity index (χ4v) is 3.09. The summed E-state index contributed by atoms with van der Waals surface area (Å²) < 4.78 is 20.3. The van der Waals surface area contributed by atoms with Crippen LogP contribution < -0.4 is 4.74 Å². The van der Waals surface area contributed by atoms with Crippen LogP contribution >= 0.6 is 0 Å². The van der Waals surface area contributed by atoms with Crippen LogP contribution in [0.3, 0.4) is 0 Å². The number of carbonyl (C=O) groups is 2. The Hall–Kier alpha value is -2.28. The van der Waals surface area contributed by atoms with Crippen molar-refractivity contribution >= 4 is 12.1 Å². The number of benzene rings is 1. The van der Waals surface area contributed by atoms with E-state index in [2.05, 4.69) is 16.9 Å². The molecule has 7 heteroatoms. The zero-order valence-electron chi connectivity index (χ0n) is 15.6. The number of rotatable bonds is 7. The molecule has 2 rings (SSSR count). The van der Waals surface area contributed by atoms with E-state index in [1.165, 1.54) is 12.5 Å². The number of hydrogen-bond acceptors (Lipinski definition) is 6. The van der Waals surface area contributed by atoms with Gasteiger partial charge < -0.3 is 23.8 Å². The second-order valence-electron chi connectivity index (χ2n) is 6.34. The molecule has 1 aliphatic heterocycles. The van der Waals surface area contributed by atoms with Crippen LogP contribution in [0.1, 0.15) is 38.2 Å². The van der Waals surface area contributed by atoms with E-state index in [4.69, 9.17) is 14.2 Å². The summed E-state index contributed by atoms with van der Waals surface area (Å²) in [5, 5.41) is 0. The van der Waals surface area contributed by atoms with Crippen molar-refractivity contribution in [1.29, 1.82) is 0 Å². The highest BCUT2D eigenvalue weighted by Gasteiger charge is 2.30. The van der Waals surface area contributed by atoms with Gasteiger partial charge in [-0.2, -0.15) is 0 Å². The number of piperidine rings is 1. The Morgan fingerprint density at radius 2 is 2.04 bits per heavy atom. The lowest BCUT2D eigenvalue weighted by Crippen LogP contribution is -2.44. The van der Waals surface area contributed by atoms with Crippen LogP contribution in [-0.4, -0.2) is 56.7 Å². The van der Waals surface area contributed by atoms with Crippen LogP contribution in [0.5, 0.6) is 5.75 Å². The van der Waals surface area contributed by atoms with E-state index < -0.39 is 12.1 Å². The third kappa shape index (κ3) is 5.91. The minimum Gasteiger partial charge on any atom is -0.491 e. The lowest BCUT2D eigenvalue weighted by atomic mass is 9.86. The van der Waals surface area contributed by atoms with Gasteiger partial charge in [0.05, 0.1) is 6.61 Å². The minimum absolute atomic E-state index is 0.0386. The summed E-state index contributed by atoms with van der Waals surface area (Å²) in [6.45, 7) is 4.59. The van der Waals surface area contributed by atoms with E-state index in [1.54, 1.807) is 12.0 Å². The molecule has 2 atom stereocenters. The Balaban J connectivity index is 1.88. The summed E-state index contributed by atoms with van der Waals surface area (Å²) in [6, 6.07) is 8.11. The summed E-state index contributed by atoms with van der Waals surface area (Å²) in [4.78, 5) is 24.5. The molecule has 0 bridgehead atoms. The third-order valence-electron chi connectivity index (χ3n) is 4.44. The Labute approximate surface area is 154 Å². The van der Waals surface area contributed by atoms with Gasteiger partial charge in [0.2, 0.25) is 6.79 Å². The molecule has 1 aromatic carbocycles. The molecule has 1 fully saturated rings. The van der Waals surface area contributed by atoms with Gasteiger partial charge in [-0.05, 0) is 43.4 Å². The molecule has 144 valence electrons. The molecule has 1 amide bonds. The maximum absolute atomic E-state index is 12.1. The molecule has 0 saturated carbocycles. The smallest absolute Gasteiger partial charge is 0.412 e. The largest absolute Gasteiger partial charge is 0.491 e. The molecular formula is C19H27NO6. The molecule has 1 aliphatic rings. The average Bonchev–Trinajstić information content (AvgIpc) is 2.61. The molecule has 0 radical (unpaired) electrons. The number of carbonyl (C=O) groups excluding carboxylic acids is 2. The Bertz CT molecular complexity index is 605. The quantitative estimate of drug-likeness (QED) is 0.420. The Morgan fingerprint density at radius 1 is 1.23 bits per heavy atom. The second kappa shape index (κ2) is 10.0. The average molecular weight is 365 g/mol. The van der Waals surface area contributed by atoms with Crippen molar-refractivity contribution in [2.45, 2.75) is 38.6 Å². The first-order chi connectivity index (χ1) is 12.5. The molecule has 0 aromatic heterocycles. The van der Waals surface area contributed by atoms with Crippen LogP contribution in [-0.2, 0) is 19.0 Å². The molecule has 1 saturated heterocycles. The fourth-order valence-electron chi connectivity index (χ4n) is 3.09. The van der Waals surface area contributed by atoms with Crippen LogP contribution in [0.15, 0.2) is 24.3 Å². The van der Waals surface area contributed by atoms with Crippen LogP contribution in [0.25, 0.3) is 0 Å². The normalized spacial score (nSPS) is 19.7. The molecular weight excluding hydrogens is 338 g/mol. The third-order valence-corrected chi connectivity index (χ3v) is 4.44. The van der Waals surface area contributed by atoms with Crippen molar-refractivity contribution in [3.8, 4) is 5.75 Å². The predicted molar refractivity (Wildman–Crippen MR) is 95.1 cm³/mol. The van der Waals surface area contributed by atoms with E-state index in [0.717, 1.165) is 18.6 Å². The van der Waals surface area contributed by atoms with Crippen molar-refractivity contribution in [3.63, 3.8) is 0 Å². The number of nitrogens with zero attached hydrogens (tertiary/aromatic N) is 1. The number of methoxy groups -OCH3 is 1. The first-order valence-electron chi connectivity index (χ1n) is 8.79. The van der Waals surface area contributed by atoms with Crippen molar-refractivity contribution in [3.05, 3.63) is 29.8 Å². The van der Waals surface area contributed by atoms with Crippen LogP contribution in [0, 0.1) is 0 Å². The van der Waals surface area contributed by atoms with E-state index in [9.17, 15) is 9.59 Å². The molecule has 2 unspecified atom stereocenters. The molecule has 0 N–H and O–H groups in total. The van der Waals surface area contributed by atoms with Gasteiger partial charge in [-0.25, -0.2) is 4.79 Å². The van der Waals surface area contributed by atoms with Gasteiger partial charge in [0, 0.05) is 26.6 Å². The van der Waals surface area contributed by atoms with Gasteiger partial charge >= 0.3 is 12.1 Å². The fraction of sp³-hybridized carbons (Fsp3) is 0.579. The lowest BCUT2D eigenvalue weighted by Gasteiger charge is -2.37. The van der Waals surface area contributed by atoms with Crippen LogP contribution in [0.4, 0.5) is 4.79 Å². The number of esters is 1. The summed E-state index contributed by atoms with van der Waals surface area (Å²) in [7, 11) is 1.65. The predicted octanol–water partition coefficient (Wildman–Crippen LogP) is 2.94. The monoisotopic (exact) mass is 365 g/mol. The number of likely N-dealkylation sites (tertiary alicyclic amines) is 1. The molecule has 1 heterocycles. The maximum atomic E-state index is 12.1. The Kier molecular flexibility index (Phi) is 7.72. The van der Waals surface area contributed by atoms with Crippen molar-refractivity contribution in [2.24, 2.45) is 0 Å². The number of hydrogen-bond donors (Lipinski definition) is 0. The van der Waals surface area contributed by atoms with Gasteiger partial charge in [0.15, 0.2) is 0 Å². The molecule has 0 spiro atoms. The van der Waals surface area contributed by atoms with Crippen molar-refractivity contribution in [1.82, 2.24) is 4.90 Å². The molecule has 7 nitrogen and oxygen atoms in total. The summed E-state index contributed by atoms with van der Waals surface area (Å²) in [5.74, 6) is 0.709. The van der Waals surface area contributed by atoms with E-state index in [1.807, 2.05) is 19.1 Å². The first kappa shape index (κ1) is 20.0. The van der Waals surface area contributed by atoms with E-state index in [0.29, 0.717) is 25.7 Å². The number of ether oxygens (including phenoxy) is 4.